The number of carbonyl (C=O) groups is 2. The molecule has 0 fully saturated rings. The van der Waals surface area contributed by atoms with Crippen molar-refractivity contribution < 1.29 is 36.6 Å². The van der Waals surface area contributed by atoms with Gasteiger partial charge < -0.3 is 19.9 Å². The van der Waals surface area contributed by atoms with Gasteiger partial charge in [-0.3, -0.25) is 14.4 Å². The zero-order valence-electron chi connectivity index (χ0n) is 27.0. The summed E-state index contributed by atoms with van der Waals surface area (Å²) < 4.78 is 73.5. The van der Waals surface area contributed by atoms with Gasteiger partial charge in [-0.2, -0.15) is 13.2 Å². The fourth-order valence-electron chi connectivity index (χ4n) is 5.63. The maximum Gasteiger partial charge on any atom is 0.419 e. The molecule has 3 aromatic rings. The molecule has 0 aliphatic heterocycles. The number of halogens is 5. The number of hydrogen-bond acceptors (Lipinski definition) is 4. The Morgan fingerprint density at radius 2 is 1.59 bits per heavy atom. The number of nitrogens with zero attached hydrogens (tertiary/aromatic N) is 2. The van der Waals surface area contributed by atoms with Crippen LogP contribution in [-0.2, 0) is 22.2 Å². The quantitative estimate of drug-likeness (QED) is 0.212. The number of carboxylic acid groups (broad SMARTS) is 1. The van der Waals surface area contributed by atoms with Crippen molar-refractivity contribution in [3.05, 3.63) is 91.9 Å². The van der Waals surface area contributed by atoms with E-state index in [1.807, 2.05) is 32.8 Å². The molecule has 1 heterocycles. The minimum absolute atomic E-state index is 0.123. The number of aliphatic carboxylic acids is 1. The molecule has 3 rings (SSSR count). The molecule has 2 aromatic carbocycles. The summed E-state index contributed by atoms with van der Waals surface area (Å²) in [5, 5.41) is 12.2. The SMILES string of the molecule is Cc1cc(F)cc(C)c1-c1cc([C@H](CC(=O)O)NC(=O)C(CC(C)C)n2cc(CCN(C)C)cc(C)c2=O)c(F)c(C(F)(F)F)c1. The van der Waals surface area contributed by atoms with Gasteiger partial charge in [0.05, 0.1) is 18.0 Å². The highest BCUT2D eigenvalue weighted by Crippen LogP contribution is 2.40. The van der Waals surface area contributed by atoms with E-state index in [0.717, 1.165) is 23.8 Å². The Labute approximate surface area is 265 Å². The Bertz CT molecular complexity index is 1640. The molecule has 1 aromatic heterocycles. The van der Waals surface area contributed by atoms with Crippen molar-refractivity contribution >= 4 is 11.9 Å². The van der Waals surface area contributed by atoms with E-state index >= 15 is 4.39 Å². The second-order valence-corrected chi connectivity index (χ2v) is 12.4. The largest absolute Gasteiger partial charge is 0.481 e. The Morgan fingerprint density at radius 1 is 0.978 bits per heavy atom. The first kappa shape index (κ1) is 36.4. The lowest BCUT2D eigenvalue weighted by Gasteiger charge is -2.27. The second kappa shape index (κ2) is 14.6. The van der Waals surface area contributed by atoms with Crippen LogP contribution in [0.4, 0.5) is 22.0 Å². The second-order valence-electron chi connectivity index (χ2n) is 12.4. The summed E-state index contributed by atoms with van der Waals surface area (Å²) in [5.41, 5.74) is -1.02. The van der Waals surface area contributed by atoms with E-state index in [9.17, 15) is 37.1 Å². The lowest BCUT2D eigenvalue weighted by atomic mass is 9.89. The van der Waals surface area contributed by atoms with Gasteiger partial charge in [-0.1, -0.05) is 13.8 Å². The fraction of sp³-hybridized carbons (Fsp3) is 0.441. The molecule has 0 aliphatic carbocycles. The van der Waals surface area contributed by atoms with Crippen LogP contribution in [0.25, 0.3) is 11.1 Å². The van der Waals surface area contributed by atoms with Crippen LogP contribution in [0.1, 0.15) is 72.2 Å². The van der Waals surface area contributed by atoms with Gasteiger partial charge in [-0.05, 0) is 112 Å². The molecule has 0 spiro atoms. The molecule has 1 unspecified atom stereocenters. The van der Waals surface area contributed by atoms with E-state index in [2.05, 4.69) is 5.32 Å². The van der Waals surface area contributed by atoms with Crippen LogP contribution in [-0.4, -0.2) is 47.1 Å². The molecule has 12 heteroatoms. The van der Waals surface area contributed by atoms with Crippen LogP contribution in [0.2, 0.25) is 0 Å². The van der Waals surface area contributed by atoms with Crippen LogP contribution in [0.15, 0.2) is 41.3 Å². The molecular weight excluding hydrogens is 609 g/mol. The minimum Gasteiger partial charge on any atom is -0.481 e. The molecule has 1 amide bonds. The summed E-state index contributed by atoms with van der Waals surface area (Å²) in [6.45, 7) is 8.87. The summed E-state index contributed by atoms with van der Waals surface area (Å²) in [5.74, 6) is -4.83. The molecule has 0 aliphatic rings. The molecule has 0 bridgehead atoms. The number of aromatic nitrogens is 1. The maximum absolute atomic E-state index is 15.8. The first-order chi connectivity index (χ1) is 21.3. The zero-order valence-corrected chi connectivity index (χ0v) is 27.0. The van der Waals surface area contributed by atoms with Crippen molar-refractivity contribution in [3.63, 3.8) is 0 Å². The molecule has 0 saturated carbocycles. The van der Waals surface area contributed by atoms with Crippen molar-refractivity contribution in [2.24, 2.45) is 5.92 Å². The van der Waals surface area contributed by atoms with E-state index < -0.39 is 64.9 Å². The summed E-state index contributed by atoms with van der Waals surface area (Å²) in [7, 11) is 3.77. The standard InChI is InChI=1S/C34H40F5N3O4/c1-18(2)10-28(42-17-22(8-9-41(6)7)11-21(5)33(42)46)32(45)40-27(16-29(43)44)25-14-23(15-26(31(25)36)34(37,38)39)30-19(3)12-24(35)13-20(30)4/h11-15,17-18,27-28H,8-10,16H2,1-7H3,(H,40,45)(H,43,44)/t27-,28?/m0/s1. The van der Waals surface area contributed by atoms with Gasteiger partial charge in [-0.25, -0.2) is 8.78 Å². The smallest absolute Gasteiger partial charge is 0.419 e. The van der Waals surface area contributed by atoms with Gasteiger partial charge in [0.1, 0.15) is 17.7 Å². The summed E-state index contributed by atoms with van der Waals surface area (Å²) in [6, 6.07) is 2.71. The van der Waals surface area contributed by atoms with Gasteiger partial charge >= 0.3 is 12.1 Å². The lowest BCUT2D eigenvalue weighted by molar-refractivity contribution is -0.140. The van der Waals surface area contributed by atoms with Crippen LogP contribution >= 0.6 is 0 Å². The molecule has 0 saturated heterocycles. The number of rotatable bonds is 12. The molecule has 7 nitrogen and oxygen atoms in total. The molecule has 2 atom stereocenters. The Kier molecular flexibility index (Phi) is 11.5. The monoisotopic (exact) mass is 649 g/mol. The summed E-state index contributed by atoms with van der Waals surface area (Å²) in [4.78, 5) is 41.1. The zero-order chi connectivity index (χ0) is 34.7. The molecule has 0 radical (unpaired) electrons. The Balaban J connectivity index is 2.21. The van der Waals surface area contributed by atoms with Crippen LogP contribution in [0, 0.1) is 38.3 Å². The molecule has 2 N–H and O–H groups in total. The van der Waals surface area contributed by atoms with E-state index in [-0.39, 0.29) is 34.6 Å². The van der Waals surface area contributed by atoms with E-state index in [1.54, 1.807) is 19.2 Å². The summed E-state index contributed by atoms with van der Waals surface area (Å²) >= 11 is 0. The number of nitrogens with one attached hydrogen (secondary N) is 1. The number of alkyl halides is 3. The Hall–Kier alpha value is -4.06. The third-order valence-corrected chi connectivity index (χ3v) is 7.72. The predicted octanol–water partition coefficient (Wildman–Crippen LogP) is 6.76. The van der Waals surface area contributed by atoms with Gasteiger partial charge in [0.25, 0.3) is 5.56 Å². The topological polar surface area (TPSA) is 91.6 Å². The third-order valence-electron chi connectivity index (χ3n) is 7.72. The van der Waals surface area contributed by atoms with Crippen LogP contribution < -0.4 is 10.9 Å². The summed E-state index contributed by atoms with van der Waals surface area (Å²) in [6.07, 6.45) is -3.87. The van der Waals surface area contributed by atoms with Crippen molar-refractivity contribution in [3.8, 4) is 11.1 Å². The Morgan fingerprint density at radius 3 is 2.11 bits per heavy atom. The fourth-order valence-corrected chi connectivity index (χ4v) is 5.63. The molecule has 46 heavy (non-hydrogen) atoms. The lowest BCUT2D eigenvalue weighted by Crippen LogP contribution is -2.41. The first-order valence-corrected chi connectivity index (χ1v) is 14.9. The predicted molar refractivity (Wildman–Crippen MR) is 166 cm³/mol. The van der Waals surface area contributed by atoms with Crippen molar-refractivity contribution in [1.29, 1.82) is 0 Å². The van der Waals surface area contributed by atoms with E-state index in [4.69, 9.17) is 0 Å². The number of benzene rings is 2. The van der Waals surface area contributed by atoms with Crippen molar-refractivity contribution in [2.75, 3.05) is 20.6 Å². The third kappa shape index (κ3) is 8.80. The highest BCUT2D eigenvalue weighted by molar-refractivity contribution is 5.82. The van der Waals surface area contributed by atoms with Crippen LogP contribution in [0.3, 0.4) is 0 Å². The van der Waals surface area contributed by atoms with Crippen LogP contribution in [0.5, 0.6) is 0 Å². The number of carboxylic acids is 1. The highest BCUT2D eigenvalue weighted by Gasteiger charge is 2.38. The molecular formula is C34H40F5N3O4. The number of carbonyl (C=O) groups excluding carboxylic acids is 1. The number of likely N-dealkylation sites (N-methyl/N-ethyl adjacent to an activating group) is 1. The number of amides is 1. The first-order valence-electron chi connectivity index (χ1n) is 14.9. The van der Waals surface area contributed by atoms with Crippen molar-refractivity contribution in [1.82, 2.24) is 14.8 Å². The van der Waals surface area contributed by atoms with E-state index in [0.29, 0.717) is 24.6 Å². The van der Waals surface area contributed by atoms with Gasteiger partial charge in [0, 0.05) is 23.9 Å². The number of aryl methyl sites for hydroxylation is 3. The maximum atomic E-state index is 15.8. The van der Waals surface area contributed by atoms with E-state index in [1.165, 1.54) is 18.4 Å². The average molecular weight is 650 g/mol. The van der Waals surface area contributed by atoms with Gasteiger partial charge in [0.15, 0.2) is 0 Å². The molecule has 250 valence electrons. The number of hydrogen-bond donors (Lipinski definition) is 2. The highest BCUT2D eigenvalue weighted by atomic mass is 19.4. The number of pyridine rings is 1. The average Bonchev–Trinajstić information content (AvgIpc) is 2.91. The minimum atomic E-state index is -5.17. The van der Waals surface area contributed by atoms with Crippen molar-refractivity contribution in [2.45, 2.75) is 72.1 Å². The van der Waals surface area contributed by atoms with Gasteiger partial charge in [0.2, 0.25) is 5.91 Å². The normalized spacial score (nSPS) is 13.3. The van der Waals surface area contributed by atoms with Gasteiger partial charge in [-0.15, -0.1) is 0 Å².